The molecule has 2 aromatic carbocycles. The van der Waals surface area contributed by atoms with E-state index in [0.29, 0.717) is 10.0 Å². The van der Waals surface area contributed by atoms with Gasteiger partial charge >= 0.3 is 0 Å². The Morgan fingerprint density at radius 1 is 1.00 bits per heavy atom. The minimum absolute atomic E-state index is 0.325. The summed E-state index contributed by atoms with van der Waals surface area (Å²) in [6.07, 6.45) is 3.38. The van der Waals surface area contributed by atoms with E-state index in [0.717, 1.165) is 27.9 Å². The number of hydrogen-bond acceptors (Lipinski definition) is 3. The standard InChI is InChI=1S/C21H16Cl2N4/c22-18-7-5-13(9-19(18)23)17-10-24-21(16-4-2-1-3-15(16)17)14-6-8-20-25-12-26-27(20)11-14/h1-9,11-12,17,21,24H,10H2/i10D2. The van der Waals surface area contributed by atoms with Crippen LogP contribution in [0.2, 0.25) is 10.0 Å². The van der Waals surface area contributed by atoms with E-state index in [2.05, 4.69) is 15.4 Å². The highest BCUT2D eigenvalue weighted by atomic mass is 35.5. The van der Waals surface area contributed by atoms with E-state index >= 15 is 0 Å². The summed E-state index contributed by atoms with van der Waals surface area (Å²) in [7, 11) is 0. The molecule has 0 saturated carbocycles. The number of pyridine rings is 1. The number of rotatable bonds is 2. The first-order chi connectivity index (χ1) is 13.9. The third-order valence-corrected chi connectivity index (χ3v) is 5.64. The fourth-order valence-corrected chi connectivity index (χ4v) is 3.89. The van der Waals surface area contributed by atoms with Crippen molar-refractivity contribution in [2.45, 2.75) is 12.0 Å². The molecule has 2 aromatic heterocycles. The summed E-state index contributed by atoms with van der Waals surface area (Å²) in [6, 6.07) is 16.7. The monoisotopic (exact) mass is 396 g/mol. The molecule has 1 aliphatic rings. The van der Waals surface area contributed by atoms with Crippen molar-refractivity contribution >= 4 is 28.8 Å². The quantitative estimate of drug-likeness (QED) is 0.525. The third kappa shape index (κ3) is 2.90. The molecule has 0 aliphatic carbocycles. The zero-order valence-corrected chi connectivity index (χ0v) is 15.6. The lowest BCUT2D eigenvalue weighted by Crippen LogP contribution is -2.34. The predicted molar refractivity (Wildman–Crippen MR) is 108 cm³/mol. The third-order valence-electron chi connectivity index (χ3n) is 4.90. The number of hydrogen-bond donors (Lipinski definition) is 1. The zero-order chi connectivity index (χ0) is 20.2. The number of aromatic nitrogens is 3. The molecule has 0 saturated heterocycles. The van der Waals surface area contributed by atoms with Crippen molar-refractivity contribution in [3.05, 3.63) is 99.4 Å². The molecule has 3 heterocycles. The second kappa shape index (κ2) is 6.64. The maximum absolute atomic E-state index is 8.83. The van der Waals surface area contributed by atoms with Crippen molar-refractivity contribution in [2.24, 2.45) is 0 Å². The van der Waals surface area contributed by atoms with Crippen LogP contribution >= 0.6 is 23.2 Å². The smallest absolute Gasteiger partial charge is 0.155 e. The maximum Gasteiger partial charge on any atom is 0.155 e. The lowest BCUT2D eigenvalue weighted by molar-refractivity contribution is 0.529. The molecule has 27 heavy (non-hydrogen) atoms. The molecule has 0 amide bonds. The molecule has 4 nitrogen and oxygen atoms in total. The van der Waals surface area contributed by atoms with Gasteiger partial charge in [-0.3, -0.25) is 0 Å². The molecule has 2 unspecified atom stereocenters. The van der Waals surface area contributed by atoms with Gasteiger partial charge in [0.15, 0.2) is 5.65 Å². The van der Waals surface area contributed by atoms with Gasteiger partial charge in [-0.2, -0.15) is 5.10 Å². The summed E-state index contributed by atoms with van der Waals surface area (Å²) in [5.74, 6) is -0.528. The predicted octanol–water partition coefficient (Wildman–Crippen LogP) is 4.86. The van der Waals surface area contributed by atoms with Crippen molar-refractivity contribution in [2.75, 3.05) is 6.50 Å². The second-order valence-corrected chi connectivity index (χ2v) is 7.30. The van der Waals surface area contributed by atoms with Crippen LogP contribution in [0.4, 0.5) is 0 Å². The van der Waals surface area contributed by atoms with Crippen molar-refractivity contribution in [1.82, 2.24) is 19.9 Å². The van der Waals surface area contributed by atoms with Crippen LogP contribution in [0.25, 0.3) is 5.65 Å². The van der Waals surface area contributed by atoms with E-state index in [1.54, 1.807) is 16.6 Å². The van der Waals surface area contributed by atoms with E-state index in [1.165, 1.54) is 6.33 Å². The Morgan fingerprint density at radius 2 is 1.81 bits per heavy atom. The normalized spacial score (nSPS) is 22.1. The molecule has 0 bridgehead atoms. The van der Waals surface area contributed by atoms with E-state index in [9.17, 15) is 0 Å². The highest BCUT2D eigenvalue weighted by Gasteiger charge is 2.29. The highest BCUT2D eigenvalue weighted by Crippen LogP contribution is 2.38. The van der Waals surface area contributed by atoms with Gasteiger partial charge in [-0.15, -0.1) is 0 Å². The average molecular weight is 397 g/mol. The van der Waals surface area contributed by atoms with Gasteiger partial charge in [-0.25, -0.2) is 9.50 Å². The van der Waals surface area contributed by atoms with Crippen LogP contribution in [-0.4, -0.2) is 21.1 Å². The van der Waals surface area contributed by atoms with Gasteiger partial charge in [-0.1, -0.05) is 59.6 Å². The van der Waals surface area contributed by atoms with Crippen LogP contribution in [0.1, 0.15) is 37.0 Å². The van der Waals surface area contributed by atoms with Crippen LogP contribution in [0.5, 0.6) is 0 Å². The fourth-order valence-electron chi connectivity index (χ4n) is 3.58. The Balaban J connectivity index is 1.67. The Bertz CT molecular complexity index is 1220. The minimum Gasteiger partial charge on any atom is -0.305 e. The average Bonchev–Trinajstić information content (AvgIpc) is 3.17. The van der Waals surface area contributed by atoms with Gasteiger partial charge in [-0.05, 0) is 40.5 Å². The summed E-state index contributed by atoms with van der Waals surface area (Å²) in [5, 5.41) is 8.27. The number of nitrogens with one attached hydrogen (secondary N) is 1. The number of halogens is 2. The van der Waals surface area contributed by atoms with Crippen molar-refractivity contribution < 1.29 is 2.74 Å². The van der Waals surface area contributed by atoms with E-state index < -0.39 is 12.4 Å². The minimum atomic E-state index is -1.71. The Labute approximate surface area is 169 Å². The molecular weight excluding hydrogens is 379 g/mol. The molecule has 0 radical (unpaired) electrons. The van der Waals surface area contributed by atoms with Gasteiger partial charge in [0.1, 0.15) is 6.33 Å². The molecule has 5 rings (SSSR count). The molecule has 134 valence electrons. The fraction of sp³-hybridized carbons (Fsp3) is 0.143. The number of nitrogens with zero attached hydrogens (tertiary/aromatic N) is 3. The van der Waals surface area contributed by atoms with Crippen LogP contribution < -0.4 is 5.32 Å². The second-order valence-electron chi connectivity index (χ2n) is 6.48. The van der Waals surface area contributed by atoms with Gasteiger partial charge in [0.25, 0.3) is 0 Å². The van der Waals surface area contributed by atoms with E-state index in [1.807, 2.05) is 48.7 Å². The molecule has 0 spiro atoms. The summed E-state index contributed by atoms with van der Waals surface area (Å²) < 4.78 is 19.4. The van der Waals surface area contributed by atoms with Crippen molar-refractivity contribution in [1.29, 1.82) is 0 Å². The summed E-state index contributed by atoms with van der Waals surface area (Å²) in [6.45, 7) is -1.71. The lowest BCUT2D eigenvalue weighted by atomic mass is 9.81. The summed E-state index contributed by atoms with van der Waals surface area (Å²) in [5.41, 5.74) is 4.35. The van der Waals surface area contributed by atoms with Crippen LogP contribution in [-0.2, 0) is 0 Å². The van der Waals surface area contributed by atoms with E-state index in [4.69, 9.17) is 25.9 Å². The van der Waals surface area contributed by atoms with Gasteiger partial charge < -0.3 is 5.32 Å². The molecule has 1 aliphatic heterocycles. The highest BCUT2D eigenvalue weighted by molar-refractivity contribution is 6.42. The zero-order valence-electron chi connectivity index (χ0n) is 16.1. The Kier molecular flexibility index (Phi) is 3.60. The molecule has 2 atom stereocenters. The topological polar surface area (TPSA) is 42.2 Å². The lowest BCUT2D eigenvalue weighted by Gasteiger charge is -2.33. The Morgan fingerprint density at radius 3 is 2.67 bits per heavy atom. The Hall–Kier alpha value is -2.40. The van der Waals surface area contributed by atoms with Gasteiger partial charge in [0.2, 0.25) is 0 Å². The van der Waals surface area contributed by atoms with Crippen LogP contribution in [0, 0.1) is 0 Å². The molecule has 1 N–H and O–H groups in total. The number of benzene rings is 2. The summed E-state index contributed by atoms with van der Waals surface area (Å²) in [4.78, 5) is 4.18. The largest absolute Gasteiger partial charge is 0.305 e. The van der Waals surface area contributed by atoms with Gasteiger partial charge in [0, 0.05) is 21.4 Å². The first-order valence-electron chi connectivity index (χ1n) is 9.55. The molecule has 6 heteroatoms. The maximum atomic E-state index is 8.83. The van der Waals surface area contributed by atoms with Crippen molar-refractivity contribution in [3.63, 3.8) is 0 Å². The summed E-state index contributed by atoms with van der Waals surface area (Å²) >= 11 is 12.3. The first kappa shape index (κ1) is 14.6. The molecular formula is C21H16Cl2N4. The van der Waals surface area contributed by atoms with E-state index in [-0.39, 0.29) is 6.04 Å². The SMILES string of the molecule is [2H]C1([2H])NC(c2ccc3ncnn3c2)c2ccccc2C1c1ccc(Cl)c(Cl)c1. The number of fused-ring (bicyclic) bond motifs is 2. The van der Waals surface area contributed by atoms with Crippen LogP contribution in [0.15, 0.2) is 67.1 Å². The first-order valence-corrected chi connectivity index (χ1v) is 9.30. The van der Waals surface area contributed by atoms with Gasteiger partial charge in [0.05, 0.1) is 16.1 Å². The van der Waals surface area contributed by atoms with Crippen LogP contribution in [0.3, 0.4) is 0 Å². The molecule has 4 aromatic rings. The van der Waals surface area contributed by atoms with Crippen molar-refractivity contribution in [3.8, 4) is 0 Å². The molecule has 0 fully saturated rings.